The summed E-state index contributed by atoms with van der Waals surface area (Å²) >= 11 is 0. The lowest BCUT2D eigenvalue weighted by Crippen LogP contribution is -2.35. The van der Waals surface area contributed by atoms with Crippen molar-refractivity contribution >= 4 is 11.6 Å². The van der Waals surface area contributed by atoms with Crippen LogP contribution in [0.3, 0.4) is 0 Å². The molecule has 0 aliphatic carbocycles. The topological polar surface area (TPSA) is 84.1 Å². The van der Waals surface area contributed by atoms with Crippen LogP contribution in [-0.4, -0.2) is 27.2 Å². The molecular weight excluding hydrogens is 168 g/mol. The van der Waals surface area contributed by atoms with E-state index in [2.05, 4.69) is 15.3 Å². The van der Waals surface area contributed by atoms with Crippen LogP contribution in [0.2, 0.25) is 0 Å². The number of nitrogen functional groups attached to an aromatic ring is 1. The molecule has 5 heteroatoms. The summed E-state index contributed by atoms with van der Waals surface area (Å²) in [5, 5.41) is 12.0. The molecule has 1 aromatic rings. The third-order valence-electron chi connectivity index (χ3n) is 1.58. The van der Waals surface area contributed by atoms with Crippen molar-refractivity contribution in [3.63, 3.8) is 0 Å². The maximum Gasteiger partial charge on any atom is 0.169 e. The first-order valence-corrected chi connectivity index (χ1v) is 4.01. The Morgan fingerprint density at radius 2 is 2.08 bits per heavy atom. The van der Waals surface area contributed by atoms with Crippen LogP contribution in [0.1, 0.15) is 13.8 Å². The van der Waals surface area contributed by atoms with Gasteiger partial charge < -0.3 is 16.2 Å². The van der Waals surface area contributed by atoms with Gasteiger partial charge in [0.05, 0.1) is 12.1 Å². The average molecular weight is 182 g/mol. The molecule has 1 heterocycles. The molecule has 13 heavy (non-hydrogen) atoms. The highest BCUT2D eigenvalue weighted by atomic mass is 16.3. The van der Waals surface area contributed by atoms with E-state index in [4.69, 9.17) is 10.8 Å². The van der Waals surface area contributed by atoms with Gasteiger partial charge in [-0.25, -0.2) is 9.97 Å². The Morgan fingerprint density at radius 3 is 2.62 bits per heavy atom. The summed E-state index contributed by atoms with van der Waals surface area (Å²) in [6.07, 6.45) is 3.07. The lowest BCUT2D eigenvalue weighted by atomic mass is 10.1. The van der Waals surface area contributed by atoms with E-state index < -0.39 is 5.54 Å². The largest absolute Gasteiger partial charge is 0.394 e. The van der Waals surface area contributed by atoms with Crippen LogP contribution in [0.5, 0.6) is 0 Å². The van der Waals surface area contributed by atoms with Crippen molar-refractivity contribution in [1.82, 2.24) is 9.97 Å². The van der Waals surface area contributed by atoms with Gasteiger partial charge in [0.25, 0.3) is 0 Å². The zero-order valence-corrected chi connectivity index (χ0v) is 7.78. The Labute approximate surface area is 77.0 Å². The maximum absolute atomic E-state index is 8.99. The number of aliphatic hydroxyl groups excluding tert-OH is 1. The summed E-state index contributed by atoms with van der Waals surface area (Å²) in [4.78, 5) is 7.87. The fraction of sp³-hybridized carbons (Fsp3) is 0.500. The Bertz CT molecular complexity index is 287. The normalized spacial score (nSPS) is 11.3. The number of nitrogens with zero attached hydrogens (tertiary/aromatic N) is 2. The summed E-state index contributed by atoms with van der Waals surface area (Å²) in [6, 6.07) is 0. The van der Waals surface area contributed by atoms with Gasteiger partial charge in [-0.3, -0.25) is 0 Å². The molecule has 1 aromatic heterocycles. The van der Waals surface area contributed by atoms with E-state index in [1.54, 1.807) is 6.20 Å². The van der Waals surface area contributed by atoms with E-state index in [9.17, 15) is 0 Å². The van der Waals surface area contributed by atoms with Gasteiger partial charge in [0.1, 0.15) is 0 Å². The zero-order chi connectivity index (χ0) is 9.90. The molecule has 0 saturated carbocycles. The first-order valence-electron chi connectivity index (χ1n) is 4.01. The van der Waals surface area contributed by atoms with Crippen molar-refractivity contribution in [1.29, 1.82) is 0 Å². The van der Waals surface area contributed by atoms with E-state index in [-0.39, 0.29) is 6.61 Å². The van der Waals surface area contributed by atoms with Gasteiger partial charge in [-0.2, -0.15) is 0 Å². The van der Waals surface area contributed by atoms with Crippen molar-refractivity contribution in [2.45, 2.75) is 19.4 Å². The third kappa shape index (κ3) is 2.55. The van der Waals surface area contributed by atoms with Gasteiger partial charge in [-0.15, -0.1) is 0 Å². The van der Waals surface area contributed by atoms with Crippen LogP contribution in [-0.2, 0) is 0 Å². The molecule has 5 nitrogen and oxygen atoms in total. The highest BCUT2D eigenvalue weighted by molar-refractivity contribution is 5.56. The first kappa shape index (κ1) is 9.73. The summed E-state index contributed by atoms with van der Waals surface area (Å²) in [6.45, 7) is 3.70. The predicted octanol–water partition coefficient (Wildman–Crippen LogP) is 0.242. The minimum atomic E-state index is -0.440. The van der Waals surface area contributed by atoms with Crippen LogP contribution >= 0.6 is 0 Å². The van der Waals surface area contributed by atoms with Crippen molar-refractivity contribution in [3.8, 4) is 0 Å². The molecule has 0 aliphatic rings. The van der Waals surface area contributed by atoms with E-state index in [1.165, 1.54) is 6.20 Å². The van der Waals surface area contributed by atoms with Gasteiger partial charge >= 0.3 is 0 Å². The second-order valence-corrected chi connectivity index (χ2v) is 3.46. The third-order valence-corrected chi connectivity index (χ3v) is 1.58. The zero-order valence-electron chi connectivity index (χ0n) is 7.78. The number of hydrogen-bond acceptors (Lipinski definition) is 5. The van der Waals surface area contributed by atoms with Gasteiger partial charge in [-0.05, 0) is 13.8 Å². The van der Waals surface area contributed by atoms with Crippen molar-refractivity contribution < 1.29 is 5.11 Å². The Hall–Kier alpha value is -1.36. The number of nitrogens with two attached hydrogens (primary N) is 1. The van der Waals surface area contributed by atoms with Crippen molar-refractivity contribution in [2.75, 3.05) is 17.7 Å². The Morgan fingerprint density at radius 1 is 1.46 bits per heavy atom. The maximum atomic E-state index is 8.99. The van der Waals surface area contributed by atoms with E-state index in [0.717, 1.165) is 0 Å². The molecule has 0 bridgehead atoms. The minimum absolute atomic E-state index is 0.00299. The highest BCUT2D eigenvalue weighted by Gasteiger charge is 2.17. The van der Waals surface area contributed by atoms with E-state index in [0.29, 0.717) is 11.6 Å². The number of nitrogens with one attached hydrogen (secondary N) is 1. The van der Waals surface area contributed by atoms with Crippen LogP contribution < -0.4 is 11.1 Å². The molecule has 0 atom stereocenters. The molecule has 0 fully saturated rings. The van der Waals surface area contributed by atoms with Crippen LogP contribution in [0.15, 0.2) is 12.4 Å². The minimum Gasteiger partial charge on any atom is -0.394 e. The van der Waals surface area contributed by atoms with Crippen LogP contribution in [0.4, 0.5) is 11.6 Å². The quantitative estimate of drug-likeness (QED) is 0.623. The lowest BCUT2D eigenvalue weighted by molar-refractivity contribution is 0.234. The second kappa shape index (κ2) is 3.57. The molecule has 72 valence electrons. The summed E-state index contributed by atoms with van der Waals surface area (Å²) in [5.74, 6) is 0.838. The molecule has 1 rings (SSSR count). The summed E-state index contributed by atoms with van der Waals surface area (Å²) in [5.41, 5.74) is 5.12. The van der Waals surface area contributed by atoms with Crippen LogP contribution in [0, 0.1) is 0 Å². The molecule has 0 spiro atoms. The van der Waals surface area contributed by atoms with Gasteiger partial charge in [-0.1, -0.05) is 0 Å². The number of hydrogen-bond donors (Lipinski definition) is 3. The predicted molar refractivity (Wildman–Crippen MR) is 51.2 cm³/mol. The van der Waals surface area contributed by atoms with E-state index >= 15 is 0 Å². The standard InChI is InChI=1S/C8H14N4O/c1-8(2,5-13)12-7-6(9)10-3-4-11-7/h3-4,13H,5H2,1-2H3,(H2,9,10)(H,11,12). The molecular formula is C8H14N4O. The summed E-state index contributed by atoms with van der Waals surface area (Å²) in [7, 11) is 0. The molecule has 0 aliphatic heterocycles. The van der Waals surface area contributed by atoms with Gasteiger partial charge in [0.15, 0.2) is 11.6 Å². The molecule has 0 aromatic carbocycles. The highest BCUT2D eigenvalue weighted by Crippen LogP contribution is 2.15. The number of aliphatic hydroxyl groups is 1. The van der Waals surface area contributed by atoms with Gasteiger partial charge in [0.2, 0.25) is 0 Å². The summed E-state index contributed by atoms with van der Waals surface area (Å²) < 4.78 is 0. The Balaban J connectivity index is 2.80. The molecule has 0 radical (unpaired) electrons. The lowest BCUT2D eigenvalue weighted by Gasteiger charge is -2.24. The molecule has 0 amide bonds. The molecule has 0 unspecified atom stereocenters. The SMILES string of the molecule is CC(C)(CO)Nc1nccnc1N. The number of aromatic nitrogens is 2. The monoisotopic (exact) mass is 182 g/mol. The molecule has 4 N–H and O–H groups in total. The first-order chi connectivity index (χ1) is 6.05. The van der Waals surface area contributed by atoms with Crippen molar-refractivity contribution in [2.24, 2.45) is 0 Å². The average Bonchev–Trinajstić information content (AvgIpc) is 2.09. The van der Waals surface area contributed by atoms with E-state index in [1.807, 2.05) is 13.8 Å². The smallest absolute Gasteiger partial charge is 0.169 e. The number of rotatable bonds is 3. The van der Waals surface area contributed by atoms with Crippen LogP contribution in [0.25, 0.3) is 0 Å². The fourth-order valence-corrected chi connectivity index (χ4v) is 0.805. The van der Waals surface area contributed by atoms with Gasteiger partial charge in [0, 0.05) is 12.4 Å². The Kier molecular flexibility index (Phi) is 2.67. The number of anilines is 2. The fourth-order valence-electron chi connectivity index (χ4n) is 0.805. The molecule has 0 saturated heterocycles. The second-order valence-electron chi connectivity index (χ2n) is 3.46. The van der Waals surface area contributed by atoms with Crippen molar-refractivity contribution in [3.05, 3.63) is 12.4 Å².